The second-order valence-electron chi connectivity index (χ2n) is 4.09. The fraction of sp³-hybridized carbons (Fsp3) is 0.333. The van der Waals surface area contributed by atoms with E-state index in [2.05, 4.69) is 0 Å². The minimum absolute atomic E-state index is 0.00960. The molecule has 0 bridgehead atoms. The SMILES string of the molecule is NC(=O)CN(CCc1ccccc1N)CC(N)=O. The van der Waals surface area contributed by atoms with Gasteiger partial charge in [0.1, 0.15) is 0 Å². The molecule has 0 aliphatic carbocycles. The van der Waals surface area contributed by atoms with Gasteiger partial charge in [-0.15, -0.1) is 0 Å². The van der Waals surface area contributed by atoms with E-state index in [1.807, 2.05) is 24.3 Å². The van der Waals surface area contributed by atoms with Crippen molar-refractivity contribution in [3.05, 3.63) is 29.8 Å². The van der Waals surface area contributed by atoms with Gasteiger partial charge in [0, 0.05) is 12.2 Å². The Bertz CT molecular complexity index is 418. The number of benzene rings is 1. The van der Waals surface area contributed by atoms with E-state index >= 15 is 0 Å². The van der Waals surface area contributed by atoms with Gasteiger partial charge in [-0.2, -0.15) is 0 Å². The summed E-state index contributed by atoms with van der Waals surface area (Å²) in [5.74, 6) is -0.977. The number of carbonyl (C=O) groups excluding carboxylic acids is 2. The fourth-order valence-electron chi connectivity index (χ4n) is 1.70. The molecule has 2 amide bonds. The summed E-state index contributed by atoms with van der Waals surface area (Å²) in [6.45, 7) is 0.519. The lowest BCUT2D eigenvalue weighted by atomic mass is 10.1. The maximum Gasteiger partial charge on any atom is 0.231 e. The molecular weight excluding hydrogens is 232 g/mol. The number of para-hydroxylation sites is 1. The molecule has 0 saturated heterocycles. The van der Waals surface area contributed by atoms with Crippen LogP contribution in [0.15, 0.2) is 24.3 Å². The lowest BCUT2D eigenvalue weighted by molar-refractivity contribution is -0.121. The lowest BCUT2D eigenvalue weighted by Gasteiger charge is -2.19. The largest absolute Gasteiger partial charge is 0.399 e. The van der Waals surface area contributed by atoms with Gasteiger partial charge in [0.05, 0.1) is 13.1 Å². The van der Waals surface area contributed by atoms with Crippen LogP contribution in [0.25, 0.3) is 0 Å². The summed E-state index contributed by atoms with van der Waals surface area (Å²) < 4.78 is 0. The van der Waals surface area contributed by atoms with Gasteiger partial charge in [-0.3, -0.25) is 14.5 Å². The number of nitrogens with two attached hydrogens (primary N) is 3. The van der Waals surface area contributed by atoms with Crippen LogP contribution in [-0.2, 0) is 16.0 Å². The van der Waals surface area contributed by atoms with Gasteiger partial charge in [-0.05, 0) is 18.1 Å². The molecule has 1 aromatic rings. The van der Waals surface area contributed by atoms with Crippen LogP contribution < -0.4 is 17.2 Å². The molecule has 6 nitrogen and oxygen atoms in total. The summed E-state index contributed by atoms with van der Waals surface area (Å²) in [7, 11) is 0. The van der Waals surface area contributed by atoms with Crippen molar-refractivity contribution in [2.24, 2.45) is 11.5 Å². The van der Waals surface area contributed by atoms with E-state index in [1.54, 1.807) is 4.90 Å². The van der Waals surface area contributed by atoms with Crippen molar-refractivity contribution in [3.8, 4) is 0 Å². The van der Waals surface area contributed by atoms with Crippen LogP contribution >= 0.6 is 0 Å². The normalized spacial score (nSPS) is 10.5. The predicted molar refractivity (Wildman–Crippen MR) is 69.4 cm³/mol. The molecule has 0 spiro atoms. The maximum atomic E-state index is 10.9. The van der Waals surface area contributed by atoms with Crippen molar-refractivity contribution in [2.75, 3.05) is 25.4 Å². The Balaban J connectivity index is 2.58. The van der Waals surface area contributed by atoms with Crippen LogP contribution in [0.1, 0.15) is 5.56 Å². The van der Waals surface area contributed by atoms with Crippen LogP contribution in [0, 0.1) is 0 Å². The summed E-state index contributed by atoms with van der Waals surface area (Å²) in [6, 6.07) is 7.45. The zero-order valence-corrected chi connectivity index (χ0v) is 10.1. The summed E-state index contributed by atoms with van der Waals surface area (Å²) in [5.41, 5.74) is 17.7. The van der Waals surface area contributed by atoms with Gasteiger partial charge >= 0.3 is 0 Å². The number of anilines is 1. The van der Waals surface area contributed by atoms with E-state index in [1.165, 1.54) is 0 Å². The Morgan fingerprint density at radius 1 is 1.06 bits per heavy atom. The zero-order valence-electron chi connectivity index (χ0n) is 10.1. The predicted octanol–water partition coefficient (Wildman–Crippen LogP) is -0.916. The van der Waals surface area contributed by atoms with Crippen molar-refractivity contribution in [1.82, 2.24) is 4.90 Å². The summed E-state index contributed by atoms with van der Waals surface area (Å²) in [5, 5.41) is 0. The Kier molecular flexibility index (Phi) is 5.13. The van der Waals surface area contributed by atoms with Crippen molar-refractivity contribution in [1.29, 1.82) is 0 Å². The van der Waals surface area contributed by atoms with Gasteiger partial charge < -0.3 is 17.2 Å². The first-order chi connectivity index (χ1) is 8.49. The highest BCUT2D eigenvalue weighted by Gasteiger charge is 2.11. The second kappa shape index (κ2) is 6.61. The average Bonchev–Trinajstić information content (AvgIpc) is 2.26. The minimum atomic E-state index is -0.489. The number of primary amides is 2. The van der Waals surface area contributed by atoms with E-state index in [0.717, 1.165) is 5.56 Å². The molecule has 0 aromatic heterocycles. The molecule has 1 aromatic carbocycles. The molecule has 0 unspecified atom stereocenters. The third-order valence-electron chi connectivity index (χ3n) is 2.51. The van der Waals surface area contributed by atoms with Crippen LogP contribution in [0.5, 0.6) is 0 Å². The zero-order chi connectivity index (χ0) is 13.5. The van der Waals surface area contributed by atoms with Gasteiger partial charge in [0.2, 0.25) is 11.8 Å². The molecule has 0 saturated carbocycles. The highest BCUT2D eigenvalue weighted by atomic mass is 16.2. The van der Waals surface area contributed by atoms with Crippen molar-refractivity contribution >= 4 is 17.5 Å². The minimum Gasteiger partial charge on any atom is -0.399 e. The number of nitrogens with zero attached hydrogens (tertiary/aromatic N) is 1. The lowest BCUT2D eigenvalue weighted by Crippen LogP contribution is -2.40. The second-order valence-corrected chi connectivity index (χ2v) is 4.09. The Labute approximate surface area is 106 Å². The number of nitrogen functional groups attached to an aromatic ring is 1. The number of hydrogen-bond donors (Lipinski definition) is 3. The first-order valence-corrected chi connectivity index (χ1v) is 5.61. The van der Waals surface area contributed by atoms with Gasteiger partial charge in [0.15, 0.2) is 0 Å². The third-order valence-corrected chi connectivity index (χ3v) is 2.51. The number of carbonyl (C=O) groups is 2. The van der Waals surface area contributed by atoms with E-state index in [-0.39, 0.29) is 13.1 Å². The molecule has 6 heteroatoms. The smallest absolute Gasteiger partial charge is 0.231 e. The van der Waals surface area contributed by atoms with Gasteiger partial charge in [-0.25, -0.2) is 0 Å². The summed E-state index contributed by atoms with van der Waals surface area (Å²) in [6.07, 6.45) is 0.632. The maximum absolute atomic E-state index is 10.9. The van der Waals surface area contributed by atoms with Crippen LogP contribution in [-0.4, -0.2) is 36.3 Å². The summed E-state index contributed by atoms with van der Waals surface area (Å²) >= 11 is 0. The molecule has 6 N–H and O–H groups in total. The first kappa shape index (κ1) is 14.0. The molecule has 1 rings (SSSR count). The highest BCUT2D eigenvalue weighted by Crippen LogP contribution is 2.11. The van der Waals surface area contributed by atoms with Crippen molar-refractivity contribution in [3.63, 3.8) is 0 Å². The number of hydrogen-bond acceptors (Lipinski definition) is 4. The van der Waals surface area contributed by atoms with Crippen LogP contribution in [0.3, 0.4) is 0 Å². The molecule has 0 atom stereocenters. The molecule has 0 fully saturated rings. The van der Waals surface area contributed by atoms with E-state index in [9.17, 15) is 9.59 Å². The summed E-state index contributed by atoms with van der Waals surface area (Å²) in [4.78, 5) is 23.4. The standard InChI is InChI=1S/C12H18N4O2/c13-10-4-2-1-3-9(10)5-6-16(7-11(14)17)8-12(15)18/h1-4H,5-8,13H2,(H2,14,17)(H2,15,18). The Morgan fingerprint density at radius 3 is 2.11 bits per heavy atom. The Hall–Kier alpha value is -2.08. The van der Waals surface area contributed by atoms with Crippen LogP contribution in [0.2, 0.25) is 0 Å². The van der Waals surface area contributed by atoms with E-state index in [0.29, 0.717) is 18.7 Å². The molecule has 0 heterocycles. The Morgan fingerprint density at radius 2 is 1.61 bits per heavy atom. The van der Waals surface area contributed by atoms with Crippen LogP contribution in [0.4, 0.5) is 5.69 Å². The molecule has 18 heavy (non-hydrogen) atoms. The van der Waals surface area contributed by atoms with E-state index in [4.69, 9.17) is 17.2 Å². The fourth-order valence-corrected chi connectivity index (χ4v) is 1.70. The van der Waals surface area contributed by atoms with Gasteiger partial charge in [-0.1, -0.05) is 18.2 Å². The molecule has 0 aliphatic heterocycles. The molecular formula is C12H18N4O2. The molecule has 0 aliphatic rings. The average molecular weight is 250 g/mol. The number of rotatable bonds is 7. The highest BCUT2D eigenvalue weighted by molar-refractivity contribution is 5.79. The van der Waals surface area contributed by atoms with Crippen molar-refractivity contribution in [2.45, 2.75) is 6.42 Å². The van der Waals surface area contributed by atoms with E-state index < -0.39 is 11.8 Å². The van der Waals surface area contributed by atoms with Gasteiger partial charge in [0.25, 0.3) is 0 Å². The molecule has 0 radical (unpaired) electrons. The molecule has 98 valence electrons. The quantitative estimate of drug-likeness (QED) is 0.543. The first-order valence-electron chi connectivity index (χ1n) is 5.61. The number of amides is 2. The monoisotopic (exact) mass is 250 g/mol. The van der Waals surface area contributed by atoms with Crippen molar-refractivity contribution < 1.29 is 9.59 Å². The topological polar surface area (TPSA) is 115 Å². The third kappa shape index (κ3) is 4.84.